The number of sulfonamides is 1. The molecule has 1 rings (SSSR count). The maximum absolute atomic E-state index is 12.4. The van der Waals surface area contributed by atoms with Gasteiger partial charge in [-0.15, -0.1) is 0 Å². The zero-order chi connectivity index (χ0) is 16.2. The van der Waals surface area contributed by atoms with E-state index in [-0.39, 0.29) is 23.6 Å². The molecule has 1 saturated heterocycles. The van der Waals surface area contributed by atoms with E-state index < -0.39 is 10.0 Å². The summed E-state index contributed by atoms with van der Waals surface area (Å²) < 4.78 is 25.4. The Hall–Kier alpha value is -0.620. The van der Waals surface area contributed by atoms with Gasteiger partial charge in [-0.2, -0.15) is 0 Å². The smallest absolute Gasteiger partial charge is 0.224 e. The van der Waals surface area contributed by atoms with Crippen LogP contribution in [0.1, 0.15) is 47.5 Å². The Morgan fingerprint density at radius 3 is 2.29 bits per heavy atom. The quantitative estimate of drug-likeness (QED) is 0.812. The maximum Gasteiger partial charge on any atom is 0.224 e. The van der Waals surface area contributed by atoms with Gasteiger partial charge >= 0.3 is 0 Å². The number of carbonyl (C=O) groups excluding carboxylic acids is 1. The molecule has 1 heterocycles. The van der Waals surface area contributed by atoms with Crippen LogP contribution in [-0.2, 0) is 14.8 Å². The summed E-state index contributed by atoms with van der Waals surface area (Å²) in [6, 6.07) is 0.135. The summed E-state index contributed by atoms with van der Waals surface area (Å²) in [5.74, 6) is 0.613. The standard InChI is InChI=1S/C15H30N2O3S/c1-6-21(19,20)17-9-7-8-13(10-17)15(18)16-14(11(2)3)12(4)5/h11-14H,6-10H2,1-5H3,(H,16,18)/t13-/m1/s1. The molecule has 0 aromatic heterocycles. The van der Waals surface area contributed by atoms with Crippen molar-refractivity contribution in [2.45, 2.75) is 53.5 Å². The second-order valence-electron chi connectivity index (χ2n) is 6.62. The molecule has 1 fully saturated rings. The number of piperidine rings is 1. The first-order valence-corrected chi connectivity index (χ1v) is 9.58. The Morgan fingerprint density at radius 2 is 1.81 bits per heavy atom. The molecule has 0 saturated carbocycles. The Balaban J connectivity index is 2.70. The van der Waals surface area contributed by atoms with E-state index in [0.29, 0.717) is 24.9 Å². The Kier molecular flexibility index (Phi) is 6.66. The van der Waals surface area contributed by atoms with E-state index in [9.17, 15) is 13.2 Å². The van der Waals surface area contributed by atoms with E-state index in [1.807, 2.05) is 0 Å². The number of carbonyl (C=O) groups is 1. The predicted molar refractivity (Wildman–Crippen MR) is 85.4 cm³/mol. The van der Waals surface area contributed by atoms with Crippen molar-refractivity contribution in [1.82, 2.24) is 9.62 Å². The molecule has 1 amide bonds. The van der Waals surface area contributed by atoms with Crippen LogP contribution in [0.15, 0.2) is 0 Å². The summed E-state index contributed by atoms with van der Waals surface area (Å²) in [6.45, 7) is 10.9. The molecule has 0 aliphatic carbocycles. The summed E-state index contributed by atoms with van der Waals surface area (Å²) >= 11 is 0. The van der Waals surface area contributed by atoms with Crippen LogP contribution in [0.25, 0.3) is 0 Å². The van der Waals surface area contributed by atoms with Crippen molar-refractivity contribution in [2.75, 3.05) is 18.8 Å². The van der Waals surface area contributed by atoms with Gasteiger partial charge in [-0.05, 0) is 31.6 Å². The molecule has 0 spiro atoms. The topological polar surface area (TPSA) is 66.5 Å². The summed E-state index contributed by atoms with van der Waals surface area (Å²) in [5, 5.41) is 3.12. The van der Waals surface area contributed by atoms with Crippen molar-refractivity contribution in [3.05, 3.63) is 0 Å². The van der Waals surface area contributed by atoms with Crippen molar-refractivity contribution >= 4 is 15.9 Å². The van der Waals surface area contributed by atoms with Gasteiger partial charge in [-0.25, -0.2) is 12.7 Å². The van der Waals surface area contributed by atoms with Crippen molar-refractivity contribution in [1.29, 1.82) is 0 Å². The molecule has 0 aromatic carbocycles. The van der Waals surface area contributed by atoms with Gasteiger partial charge in [0.15, 0.2) is 0 Å². The fraction of sp³-hybridized carbons (Fsp3) is 0.933. The lowest BCUT2D eigenvalue weighted by molar-refractivity contribution is -0.127. The number of nitrogens with one attached hydrogen (secondary N) is 1. The van der Waals surface area contributed by atoms with Gasteiger partial charge in [0.25, 0.3) is 0 Å². The van der Waals surface area contributed by atoms with Gasteiger partial charge in [-0.1, -0.05) is 27.7 Å². The van der Waals surface area contributed by atoms with Crippen LogP contribution >= 0.6 is 0 Å². The summed E-state index contributed by atoms with van der Waals surface area (Å²) in [4.78, 5) is 12.4. The molecule has 1 aliphatic heterocycles. The zero-order valence-corrected chi connectivity index (χ0v) is 14.7. The molecule has 1 aliphatic rings. The van der Waals surface area contributed by atoms with Crippen LogP contribution in [0.5, 0.6) is 0 Å². The lowest BCUT2D eigenvalue weighted by Crippen LogP contribution is -2.50. The average Bonchev–Trinajstić information content (AvgIpc) is 2.43. The molecule has 1 N–H and O–H groups in total. The fourth-order valence-corrected chi connectivity index (χ4v) is 4.16. The van der Waals surface area contributed by atoms with Crippen molar-refractivity contribution < 1.29 is 13.2 Å². The molecule has 1 atom stereocenters. The summed E-state index contributed by atoms with van der Waals surface area (Å²) in [5.41, 5.74) is 0. The Bertz CT molecular complexity index is 438. The molecule has 124 valence electrons. The van der Waals surface area contributed by atoms with Gasteiger partial charge in [0.05, 0.1) is 11.7 Å². The molecular formula is C15H30N2O3S. The van der Waals surface area contributed by atoms with Crippen LogP contribution in [0, 0.1) is 17.8 Å². The summed E-state index contributed by atoms with van der Waals surface area (Å²) in [7, 11) is -3.20. The molecular weight excluding hydrogens is 288 g/mol. The van der Waals surface area contributed by atoms with E-state index >= 15 is 0 Å². The van der Waals surface area contributed by atoms with Gasteiger partial charge in [0.1, 0.15) is 0 Å². The third kappa shape index (κ3) is 4.95. The van der Waals surface area contributed by atoms with Crippen LogP contribution in [0.4, 0.5) is 0 Å². The monoisotopic (exact) mass is 318 g/mol. The van der Waals surface area contributed by atoms with Crippen molar-refractivity contribution in [3.63, 3.8) is 0 Å². The lowest BCUT2D eigenvalue weighted by Gasteiger charge is -2.33. The van der Waals surface area contributed by atoms with E-state index in [2.05, 4.69) is 33.0 Å². The van der Waals surface area contributed by atoms with Crippen LogP contribution in [0.3, 0.4) is 0 Å². The predicted octanol–water partition coefficient (Wildman–Crippen LogP) is 1.84. The molecule has 5 nitrogen and oxygen atoms in total. The zero-order valence-electron chi connectivity index (χ0n) is 13.9. The molecule has 0 unspecified atom stereocenters. The Labute approximate surface area is 129 Å². The number of hydrogen-bond donors (Lipinski definition) is 1. The molecule has 21 heavy (non-hydrogen) atoms. The number of hydrogen-bond acceptors (Lipinski definition) is 3. The van der Waals surface area contributed by atoms with Gasteiger partial charge in [0.2, 0.25) is 15.9 Å². The van der Waals surface area contributed by atoms with Gasteiger partial charge in [0, 0.05) is 19.1 Å². The molecule has 6 heteroatoms. The number of amides is 1. The Morgan fingerprint density at radius 1 is 1.24 bits per heavy atom. The normalized spacial score (nSPS) is 21.2. The van der Waals surface area contributed by atoms with Crippen molar-refractivity contribution in [3.8, 4) is 0 Å². The lowest BCUT2D eigenvalue weighted by atomic mass is 9.91. The van der Waals surface area contributed by atoms with Gasteiger partial charge in [-0.3, -0.25) is 4.79 Å². The minimum atomic E-state index is -3.20. The van der Waals surface area contributed by atoms with Crippen LogP contribution in [0.2, 0.25) is 0 Å². The summed E-state index contributed by atoms with van der Waals surface area (Å²) in [6.07, 6.45) is 1.52. The minimum Gasteiger partial charge on any atom is -0.353 e. The van der Waals surface area contributed by atoms with Gasteiger partial charge < -0.3 is 5.32 Å². The number of rotatable bonds is 6. The largest absolute Gasteiger partial charge is 0.353 e. The third-order valence-corrected chi connectivity index (χ3v) is 6.11. The van der Waals surface area contributed by atoms with E-state index in [1.54, 1.807) is 6.92 Å². The molecule has 0 aromatic rings. The average molecular weight is 318 g/mol. The first-order valence-electron chi connectivity index (χ1n) is 7.97. The molecule has 0 bridgehead atoms. The second-order valence-corrected chi connectivity index (χ2v) is 8.88. The van der Waals surface area contributed by atoms with E-state index in [0.717, 1.165) is 12.8 Å². The fourth-order valence-electron chi connectivity index (χ4n) is 2.98. The molecule has 0 radical (unpaired) electrons. The SMILES string of the molecule is CCS(=O)(=O)N1CCC[C@@H](C(=O)NC(C(C)C)C(C)C)C1. The number of nitrogens with zero attached hydrogens (tertiary/aromatic N) is 1. The highest BCUT2D eigenvalue weighted by Crippen LogP contribution is 2.21. The van der Waals surface area contributed by atoms with Crippen molar-refractivity contribution in [2.24, 2.45) is 17.8 Å². The van der Waals surface area contributed by atoms with E-state index in [1.165, 1.54) is 4.31 Å². The second kappa shape index (κ2) is 7.58. The minimum absolute atomic E-state index is 0.00148. The highest BCUT2D eigenvalue weighted by molar-refractivity contribution is 7.89. The maximum atomic E-state index is 12.4. The highest BCUT2D eigenvalue weighted by atomic mass is 32.2. The highest BCUT2D eigenvalue weighted by Gasteiger charge is 2.32. The van der Waals surface area contributed by atoms with Crippen LogP contribution < -0.4 is 5.32 Å². The first-order chi connectivity index (χ1) is 9.69. The third-order valence-electron chi connectivity index (χ3n) is 4.26. The first kappa shape index (κ1) is 18.4. The van der Waals surface area contributed by atoms with Crippen LogP contribution in [-0.4, -0.2) is 43.5 Å². The van der Waals surface area contributed by atoms with E-state index in [4.69, 9.17) is 0 Å².